The third-order valence-corrected chi connectivity index (χ3v) is 4.43. The summed E-state index contributed by atoms with van der Waals surface area (Å²) in [4.78, 5) is 4.73. The second-order valence-electron chi connectivity index (χ2n) is 6.78. The van der Waals surface area contributed by atoms with Crippen molar-refractivity contribution in [3.05, 3.63) is 65.7 Å². The first-order valence-electron chi connectivity index (χ1n) is 9.65. The molecule has 2 aromatic carbocycles. The number of hydrogen-bond acceptors (Lipinski definition) is 3. The zero-order valence-corrected chi connectivity index (χ0v) is 16.0. The quantitative estimate of drug-likeness (QED) is 0.424. The fourth-order valence-corrected chi connectivity index (χ4v) is 2.83. The van der Waals surface area contributed by atoms with Crippen LogP contribution in [0.3, 0.4) is 0 Å². The van der Waals surface area contributed by atoms with E-state index in [1.807, 2.05) is 30.3 Å². The van der Waals surface area contributed by atoms with E-state index in [4.69, 9.17) is 14.5 Å². The number of benzene rings is 2. The fourth-order valence-electron chi connectivity index (χ4n) is 2.83. The molecule has 2 N–H and O–H groups in total. The van der Waals surface area contributed by atoms with E-state index in [0.29, 0.717) is 6.54 Å². The average Bonchev–Trinajstić information content (AvgIpc) is 3.21. The molecule has 1 aliphatic heterocycles. The first-order chi connectivity index (χ1) is 13.3. The molecule has 0 aromatic heterocycles. The van der Waals surface area contributed by atoms with Crippen LogP contribution in [0.15, 0.2) is 59.6 Å². The van der Waals surface area contributed by atoms with Crippen LogP contribution in [0, 0.1) is 6.92 Å². The maximum Gasteiger partial charge on any atom is 0.196 e. The van der Waals surface area contributed by atoms with Crippen LogP contribution in [0.5, 0.6) is 0 Å². The number of hydrogen-bond donors (Lipinski definition) is 2. The fraction of sp³-hybridized carbons (Fsp3) is 0.409. The van der Waals surface area contributed by atoms with Crippen LogP contribution in [0.25, 0.3) is 0 Å². The molecule has 144 valence electrons. The largest absolute Gasteiger partial charge is 0.379 e. The molecular weight excluding hydrogens is 338 g/mol. The normalized spacial score (nSPS) is 17.1. The van der Waals surface area contributed by atoms with Crippen molar-refractivity contribution in [2.75, 3.05) is 31.7 Å². The van der Waals surface area contributed by atoms with Crippen molar-refractivity contribution in [3.63, 3.8) is 0 Å². The number of nitrogens with one attached hydrogen (secondary N) is 2. The molecule has 0 amide bonds. The Labute approximate surface area is 161 Å². The molecule has 0 bridgehead atoms. The molecule has 1 atom stereocenters. The van der Waals surface area contributed by atoms with Gasteiger partial charge in [0.15, 0.2) is 5.96 Å². The van der Waals surface area contributed by atoms with Crippen molar-refractivity contribution in [2.45, 2.75) is 32.4 Å². The van der Waals surface area contributed by atoms with Crippen molar-refractivity contribution in [1.29, 1.82) is 0 Å². The topological polar surface area (TPSA) is 54.9 Å². The molecule has 1 heterocycles. The molecule has 1 saturated heterocycles. The Bertz CT molecular complexity index is 695. The lowest BCUT2D eigenvalue weighted by atomic mass is 10.1. The Balaban J connectivity index is 1.50. The summed E-state index contributed by atoms with van der Waals surface area (Å²) < 4.78 is 11.1. The Morgan fingerprint density at radius 3 is 2.70 bits per heavy atom. The van der Waals surface area contributed by atoms with Gasteiger partial charge in [-0.25, -0.2) is 4.99 Å². The number of para-hydroxylation sites is 1. The van der Waals surface area contributed by atoms with Gasteiger partial charge in [0.25, 0.3) is 0 Å². The van der Waals surface area contributed by atoms with Crippen molar-refractivity contribution in [1.82, 2.24) is 5.32 Å². The molecule has 1 fully saturated rings. The van der Waals surface area contributed by atoms with Gasteiger partial charge in [-0.05, 0) is 37.5 Å². The minimum atomic E-state index is 0.266. The summed E-state index contributed by atoms with van der Waals surface area (Å²) in [6, 6.07) is 18.6. The molecule has 5 nitrogen and oxygen atoms in total. The zero-order chi connectivity index (χ0) is 18.7. The Hall–Kier alpha value is -2.37. The van der Waals surface area contributed by atoms with Crippen LogP contribution in [-0.4, -0.2) is 38.4 Å². The van der Waals surface area contributed by atoms with Gasteiger partial charge in [-0.15, -0.1) is 0 Å². The number of guanidine groups is 1. The predicted octanol–water partition coefficient (Wildman–Crippen LogP) is 3.75. The molecule has 1 aliphatic rings. The number of nitrogens with zero attached hydrogens (tertiary/aromatic N) is 1. The van der Waals surface area contributed by atoms with Crippen LogP contribution in [0.1, 0.15) is 24.0 Å². The maximum absolute atomic E-state index is 5.82. The van der Waals surface area contributed by atoms with Gasteiger partial charge in [0, 0.05) is 25.4 Å². The standard InChI is InChI=1S/C22H29N3O2/c1-18-8-10-19(11-9-18)16-24-22(25-20-6-3-2-4-7-20)23-13-5-14-27-21-12-15-26-17-21/h2-4,6-11,21H,5,12-17H2,1H3,(H2,23,24,25). The summed E-state index contributed by atoms with van der Waals surface area (Å²) in [5.74, 6) is 0.783. The van der Waals surface area contributed by atoms with Crippen molar-refractivity contribution in [2.24, 2.45) is 4.99 Å². The summed E-state index contributed by atoms with van der Waals surface area (Å²) >= 11 is 0. The van der Waals surface area contributed by atoms with Crippen LogP contribution in [-0.2, 0) is 16.0 Å². The second kappa shape index (κ2) is 10.7. The minimum Gasteiger partial charge on any atom is -0.379 e. The monoisotopic (exact) mass is 367 g/mol. The molecule has 0 spiro atoms. The van der Waals surface area contributed by atoms with Gasteiger partial charge < -0.3 is 20.1 Å². The van der Waals surface area contributed by atoms with E-state index in [0.717, 1.165) is 50.9 Å². The van der Waals surface area contributed by atoms with Crippen LogP contribution >= 0.6 is 0 Å². The van der Waals surface area contributed by atoms with E-state index >= 15 is 0 Å². The second-order valence-corrected chi connectivity index (χ2v) is 6.78. The van der Waals surface area contributed by atoms with E-state index < -0.39 is 0 Å². The Kier molecular flexibility index (Phi) is 7.69. The van der Waals surface area contributed by atoms with Gasteiger partial charge in [0.1, 0.15) is 0 Å². The third-order valence-electron chi connectivity index (χ3n) is 4.43. The lowest BCUT2D eigenvalue weighted by molar-refractivity contribution is 0.0420. The summed E-state index contributed by atoms with van der Waals surface area (Å²) in [5, 5.41) is 6.77. The van der Waals surface area contributed by atoms with Crippen molar-refractivity contribution < 1.29 is 9.47 Å². The smallest absolute Gasteiger partial charge is 0.196 e. The van der Waals surface area contributed by atoms with E-state index in [2.05, 4.69) is 41.8 Å². The van der Waals surface area contributed by atoms with Gasteiger partial charge >= 0.3 is 0 Å². The van der Waals surface area contributed by atoms with E-state index in [-0.39, 0.29) is 6.10 Å². The van der Waals surface area contributed by atoms with Crippen molar-refractivity contribution >= 4 is 11.6 Å². The van der Waals surface area contributed by atoms with Gasteiger partial charge in [-0.1, -0.05) is 48.0 Å². The van der Waals surface area contributed by atoms with Gasteiger partial charge in [-0.2, -0.15) is 0 Å². The molecule has 0 radical (unpaired) electrons. The van der Waals surface area contributed by atoms with Gasteiger partial charge in [0.05, 0.1) is 19.3 Å². The van der Waals surface area contributed by atoms with E-state index in [1.54, 1.807) is 0 Å². The van der Waals surface area contributed by atoms with E-state index in [9.17, 15) is 0 Å². The van der Waals surface area contributed by atoms with E-state index in [1.165, 1.54) is 11.1 Å². The number of ether oxygens (including phenoxy) is 2. The first-order valence-corrected chi connectivity index (χ1v) is 9.65. The molecular formula is C22H29N3O2. The summed E-state index contributed by atoms with van der Waals surface area (Å²) in [6.07, 6.45) is 2.20. The molecule has 27 heavy (non-hydrogen) atoms. The maximum atomic E-state index is 5.82. The molecule has 2 aromatic rings. The number of rotatable bonds is 8. The third kappa shape index (κ3) is 7.04. The summed E-state index contributed by atoms with van der Waals surface area (Å²) in [6.45, 7) is 5.82. The predicted molar refractivity (Wildman–Crippen MR) is 110 cm³/mol. The highest BCUT2D eigenvalue weighted by molar-refractivity contribution is 5.93. The van der Waals surface area contributed by atoms with Gasteiger partial charge in [0.2, 0.25) is 0 Å². The molecule has 0 aliphatic carbocycles. The first kappa shape index (κ1) is 19.4. The molecule has 5 heteroatoms. The highest BCUT2D eigenvalue weighted by atomic mass is 16.5. The number of aliphatic imine (C=N–C) groups is 1. The lowest BCUT2D eigenvalue weighted by Crippen LogP contribution is -2.32. The lowest BCUT2D eigenvalue weighted by Gasteiger charge is -2.14. The molecule has 0 saturated carbocycles. The highest BCUT2D eigenvalue weighted by Gasteiger charge is 2.15. The van der Waals surface area contributed by atoms with Crippen molar-refractivity contribution in [3.8, 4) is 0 Å². The van der Waals surface area contributed by atoms with Crippen LogP contribution in [0.4, 0.5) is 5.69 Å². The minimum absolute atomic E-state index is 0.266. The van der Waals surface area contributed by atoms with Crippen LogP contribution in [0.2, 0.25) is 0 Å². The average molecular weight is 367 g/mol. The summed E-state index contributed by atoms with van der Waals surface area (Å²) in [5.41, 5.74) is 3.47. The number of anilines is 1. The Morgan fingerprint density at radius 2 is 1.96 bits per heavy atom. The Morgan fingerprint density at radius 1 is 1.15 bits per heavy atom. The van der Waals surface area contributed by atoms with Gasteiger partial charge in [-0.3, -0.25) is 0 Å². The van der Waals surface area contributed by atoms with Crippen LogP contribution < -0.4 is 10.6 Å². The SMILES string of the molecule is Cc1ccc(CN=C(NCCCOC2CCOC2)Nc2ccccc2)cc1. The molecule has 3 rings (SSSR count). The summed E-state index contributed by atoms with van der Waals surface area (Å²) in [7, 11) is 0. The highest BCUT2D eigenvalue weighted by Crippen LogP contribution is 2.09. The molecule has 1 unspecified atom stereocenters. The number of aryl methyl sites for hydroxylation is 1. The zero-order valence-electron chi connectivity index (χ0n) is 16.0.